The molecule has 0 aliphatic carbocycles. The van der Waals surface area contributed by atoms with Gasteiger partial charge in [-0.3, -0.25) is 0 Å². The lowest BCUT2D eigenvalue weighted by atomic mass is 10.1. The molecule has 0 saturated heterocycles. The molecule has 0 amide bonds. The lowest BCUT2D eigenvalue weighted by Gasteiger charge is -2.21. The molecule has 0 fully saturated rings. The van der Waals surface area contributed by atoms with Gasteiger partial charge in [-0.2, -0.15) is 0 Å². The maximum absolute atomic E-state index is 3.59. The highest BCUT2D eigenvalue weighted by atomic mass is 79.9. The minimum Gasteiger partial charge on any atom is -0.383 e. The highest BCUT2D eigenvalue weighted by molar-refractivity contribution is 9.10. The maximum Gasteiger partial charge on any atom is 0.0487 e. The first-order valence-electron chi connectivity index (χ1n) is 5.64. The van der Waals surface area contributed by atoms with E-state index in [-0.39, 0.29) is 5.54 Å². The Hall–Kier alpha value is -0.540. The van der Waals surface area contributed by atoms with Crippen molar-refractivity contribution in [3.8, 4) is 0 Å². The lowest BCUT2D eigenvalue weighted by Crippen LogP contribution is -2.38. The summed E-state index contributed by atoms with van der Waals surface area (Å²) in [6.45, 7) is 10.5. The number of benzene rings is 1. The Bertz CT molecular complexity index is 342. The van der Waals surface area contributed by atoms with Gasteiger partial charge in [0.15, 0.2) is 0 Å². The summed E-state index contributed by atoms with van der Waals surface area (Å²) in [4.78, 5) is 0. The van der Waals surface area contributed by atoms with Crippen molar-refractivity contribution in [2.75, 3.05) is 18.4 Å². The molecule has 0 aliphatic rings. The second-order valence-corrected chi connectivity index (χ2v) is 5.83. The largest absolute Gasteiger partial charge is 0.383 e. The van der Waals surface area contributed by atoms with Crippen molar-refractivity contribution < 1.29 is 0 Å². The van der Waals surface area contributed by atoms with Gasteiger partial charge < -0.3 is 10.6 Å². The first-order valence-corrected chi connectivity index (χ1v) is 6.43. The second-order valence-electron chi connectivity index (χ2n) is 5.04. The van der Waals surface area contributed by atoms with Crippen LogP contribution in [0.25, 0.3) is 0 Å². The molecule has 0 bridgehead atoms. The van der Waals surface area contributed by atoms with E-state index in [1.165, 1.54) is 5.56 Å². The van der Waals surface area contributed by atoms with Crippen molar-refractivity contribution >= 4 is 21.6 Å². The molecule has 3 heteroatoms. The van der Waals surface area contributed by atoms with Crippen molar-refractivity contribution in [3.05, 3.63) is 28.2 Å². The Balaban J connectivity index is 2.41. The predicted molar refractivity (Wildman–Crippen MR) is 75.1 cm³/mol. The third kappa shape index (κ3) is 4.54. The molecule has 16 heavy (non-hydrogen) atoms. The fourth-order valence-electron chi connectivity index (χ4n) is 1.42. The van der Waals surface area contributed by atoms with E-state index < -0.39 is 0 Å². The Morgan fingerprint density at radius 3 is 2.50 bits per heavy atom. The van der Waals surface area contributed by atoms with Crippen LogP contribution in [0.1, 0.15) is 26.3 Å². The van der Waals surface area contributed by atoms with E-state index in [4.69, 9.17) is 0 Å². The molecule has 1 aromatic rings. The Labute approximate surface area is 107 Å². The normalized spacial score (nSPS) is 11.6. The quantitative estimate of drug-likeness (QED) is 0.827. The summed E-state index contributed by atoms with van der Waals surface area (Å²) >= 11 is 3.59. The summed E-state index contributed by atoms with van der Waals surface area (Å²) in [5.41, 5.74) is 2.61. The summed E-state index contributed by atoms with van der Waals surface area (Å²) in [6.07, 6.45) is 0. The number of rotatable bonds is 4. The molecule has 2 N–H and O–H groups in total. The third-order valence-electron chi connectivity index (χ3n) is 2.29. The molecule has 90 valence electrons. The summed E-state index contributed by atoms with van der Waals surface area (Å²) < 4.78 is 1.16. The van der Waals surface area contributed by atoms with Crippen molar-refractivity contribution in [2.24, 2.45) is 0 Å². The minimum absolute atomic E-state index is 0.186. The van der Waals surface area contributed by atoms with Gasteiger partial charge in [0.2, 0.25) is 0 Å². The van der Waals surface area contributed by atoms with Crippen LogP contribution >= 0.6 is 15.9 Å². The molecule has 1 rings (SSSR count). The molecule has 0 saturated carbocycles. The van der Waals surface area contributed by atoms with Crippen molar-refractivity contribution in [2.45, 2.75) is 33.2 Å². The molecule has 0 aromatic heterocycles. The van der Waals surface area contributed by atoms with E-state index >= 15 is 0 Å². The number of aryl methyl sites for hydroxylation is 1. The molecular formula is C13H21BrN2. The zero-order valence-electron chi connectivity index (χ0n) is 10.5. The smallest absolute Gasteiger partial charge is 0.0487 e. The summed E-state index contributed by atoms with van der Waals surface area (Å²) in [5.74, 6) is 0. The van der Waals surface area contributed by atoms with E-state index in [0.717, 1.165) is 23.2 Å². The van der Waals surface area contributed by atoms with E-state index in [9.17, 15) is 0 Å². The number of halogens is 1. The van der Waals surface area contributed by atoms with Crippen molar-refractivity contribution in [3.63, 3.8) is 0 Å². The van der Waals surface area contributed by atoms with E-state index in [1.807, 2.05) is 0 Å². The minimum atomic E-state index is 0.186. The van der Waals surface area contributed by atoms with Gasteiger partial charge in [-0.1, -0.05) is 12.1 Å². The summed E-state index contributed by atoms with van der Waals surface area (Å²) in [6, 6.07) is 6.26. The fraction of sp³-hybridized carbons (Fsp3) is 0.538. The highest BCUT2D eigenvalue weighted by Gasteiger charge is 2.07. The summed E-state index contributed by atoms with van der Waals surface area (Å²) in [5, 5.41) is 6.87. The fourth-order valence-corrected chi connectivity index (χ4v) is 1.82. The van der Waals surface area contributed by atoms with Crippen LogP contribution in [0.4, 0.5) is 5.69 Å². The van der Waals surface area contributed by atoms with Gasteiger partial charge in [0.25, 0.3) is 0 Å². The molecule has 0 heterocycles. The SMILES string of the molecule is Cc1cccc(NCCNC(C)(C)C)c1Br. The predicted octanol–water partition coefficient (Wildman–Crippen LogP) is 3.56. The van der Waals surface area contributed by atoms with Gasteiger partial charge >= 0.3 is 0 Å². The zero-order chi connectivity index (χ0) is 12.2. The van der Waals surface area contributed by atoms with E-state index in [2.05, 4.69) is 72.5 Å². The average Bonchev–Trinajstić information content (AvgIpc) is 2.17. The van der Waals surface area contributed by atoms with Gasteiger partial charge in [-0.25, -0.2) is 0 Å². The van der Waals surface area contributed by atoms with Gasteiger partial charge in [0.1, 0.15) is 0 Å². The van der Waals surface area contributed by atoms with Crippen LogP contribution in [0.15, 0.2) is 22.7 Å². The molecule has 1 aromatic carbocycles. The Kier molecular flexibility index (Phi) is 4.81. The van der Waals surface area contributed by atoms with Crippen molar-refractivity contribution in [1.82, 2.24) is 5.32 Å². The van der Waals surface area contributed by atoms with Crippen LogP contribution in [-0.4, -0.2) is 18.6 Å². The molecule has 0 radical (unpaired) electrons. The van der Waals surface area contributed by atoms with E-state index in [0.29, 0.717) is 0 Å². The van der Waals surface area contributed by atoms with Crippen LogP contribution in [0.3, 0.4) is 0 Å². The number of anilines is 1. The molecule has 0 aliphatic heterocycles. The van der Waals surface area contributed by atoms with Gasteiger partial charge in [0.05, 0.1) is 0 Å². The van der Waals surface area contributed by atoms with Gasteiger partial charge in [-0.05, 0) is 55.3 Å². The first-order chi connectivity index (χ1) is 7.40. The van der Waals surface area contributed by atoms with Crippen LogP contribution < -0.4 is 10.6 Å². The maximum atomic E-state index is 3.59. The topological polar surface area (TPSA) is 24.1 Å². The van der Waals surface area contributed by atoms with Crippen molar-refractivity contribution in [1.29, 1.82) is 0 Å². The van der Waals surface area contributed by atoms with Crippen LogP contribution in [-0.2, 0) is 0 Å². The van der Waals surface area contributed by atoms with Gasteiger partial charge in [0, 0.05) is 28.8 Å². The highest BCUT2D eigenvalue weighted by Crippen LogP contribution is 2.25. The van der Waals surface area contributed by atoms with Crippen LogP contribution in [0.5, 0.6) is 0 Å². The Morgan fingerprint density at radius 2 is 1.88 bits per heavy atom. The first kappa shape index (κ1) is 13.5. The molecule has 0 atom stereocenters. The monoisotopic (exact) mass is 284 g/mol. The van der Waals surface area contributed by atoms with Gasteiger partial charge in [-0.15, -0.1) is 0 Å². The van der Waals surface area contributed by atoms with E-state index in [1.54, 1.807) is 0 Å². The zero-order valence-corrected chi connectivity index (χ0v) is 12.1. The molecular weight excluding hydrogens is 264 g/mol. The molecule has 0 unspecified atom stereocenters. The number of hydrogen-bond acceptors (Lipinski definition) is 2. The number of hydrogen-bond donors (Lipinski definition) is 2. The standard InChI is InChI=1S/C13H21BrN2/c1-10-6-5-7-11(12(10)14)15-8-9-16-13(2,3)4/h5-7,15-16H,8-9H2,1-4H3. The van der Waals surface area contributed by atoms with Crippen LogP contribution in [0, 0.1) is 6.92 Å². The summed E-state index contributed by atoms with van der Waals surface area (Å²) in [7, 11) is 0. The second kappa shape index (κ2) is 5.69. The molecule has 2 nitrogen and oxygen atoms in total. The third-order valence-corrected chi connectivity index (χ3v) is 3.34. The lowest BCUT2D eigenvalue weighted by molar-refractivity contribution is 0.435. The van der Waals surface area contributed by atoms with Crippen LogP contribution in [0.2, 0.25) is 0 Å². The molecule has 0 spiro atoms. The average molecular weight is 285 g/mol. The number of nitrogens with one attached hydrogen (secondary N) is 2. The Morgan fingerprint density at radius 1 is 1.19 bits per heavy atom.